The molecule has 4 rings (SSSR count). The van der Waals surface area contributed by atoms with Gasteiger partial charge in [0.15, 0.2) is 11.5 Å². The molecule has 5 nitrogen and oxygen atoms in total. The summed E-state index contributed by atoms with van der Waals surface area (Å²) < 4.78 is 24.9. The minimum absolute atomic E-state index is 0.0283. The van der Waals surface area contributed by atoms with Crippen molar-refractivity contribution >= 4 is 5.91 Å². The van der Waals surface area contributed by atoms with Gasteiger partial charge >= 0.3 is 0 Å². The van der Waals surface area contributed by atoms with Crippen molar-refractivity contribution in [2.24, 2.45) is 5.92 Å². The van der Waals surface area contributed by atoms with Crippen LogP contribution in [0.4, 0.5) is 4.39 Å². The second kappa shape index (κ2) is 6.00. The molecule has 2 N–H and O–H groups in total. The van der Waals surface area contributed by atoms with E-state index in [0.29, 0.717) is 26.2 Å². The standard InChI is InChI=1S/C17H21FN2O3/c18-13-9-19-4-3-14(13)20-17(21)12-8-11(12)10-1-2-15-16(7-10)23-6-5-22-15/h1-2,7,11-14,19H,3-6,8-9H2,(H,20,21)/t11-,12+,13?,14?/m0/s1. The van der Waals surface area contributed by atoms with Gasteiger partial charge in [-0.05, 0) is 43.0 Å². The van der Waals surface area contributed by atoms with Crippen LogP contribution in [0.1, 0.15) is 24.3 Å². The Hall–Kier alpha value is -1.82. The van der Waals surface area contributed by atoms with Gasteiger partial charge in [0.2, 0.25) is 5.91 Å². The van der Waals surface area contributed by atoms with Crippen molar-refractivity contribution in [2.75, 3.05) is 26.3 Å². The Morgan fingerprint density at radius 2 is 2.09 bits per heavy atom. The van der Waals surface area contributed by atoms with Gasteiger partial charge in [0.1, 0.15) is 19.4 Å². The Morgan fingerprint density at radius 1 is 1.26 bits per heavy atom. The number of nitrogens with one attached hydrogen (secondary N) is 2. The van der Waals surface area contributed by atoms with Gasteiger partial charge in [-0.15, -0.1) is 0 Å². The molecule has 1 amide bonds. The van der Waals surface area contributed by atoms with Crippen LogP contribution in [0, 0.1) is 5.92 Å². The van der Waals surface area contributed by atoms with Crippen LogP contribution >= 0.6 is 0 Å². The number of amides is 1. The second-order valence-electron chi connectivity index (χ2n) is 6.48. The molecule has 2 aliphatic heterocycles. The summed E-state index contributed by atoms with van der Waals surface area (Å²) in [5, 5.41) is 5.88. The SMILES string of the molecule is O=C(NC1CCNCC1F)[C@@H]1C[C@H]1c1ccc2c(c1)OCCO2. The molecule has 4 atom stereocenters. The number of ether oxygens (including phenoxy) is 2. The van der Waals surface area contributed by atoms with Crippen molar-refractivity contribution in [3.8, 4) is 11.5 Å². The van der Waals surface area contributed by atoms with E-state index in [0.717, 1.165) is 30.0 Å². The molecule has 3 aliphatic rings. The van der Waals surface area contributed by atoms with E-state index in [9.17, 15) is 9.18 Å². The molecule has 6 heteroatoms. The lowest BCUT2D eigenvalue weighted by atomic mass is 10.0. The number of rotatable bonds is 3. The number of carbonyl (C=O) groups is 1. The third kappa shape index (κ3) is 3.00. The Bertz CT molecular complexity index is 610. The molecule has 2 unspecified atom stereocenters. The Kier molecular flexibility index (Phi) is 3.85. The quantitative estimate of drug-likeness (QED) is 0.883. The summed E-state index contributed by atoms with van der Waals surface area (Å²) >= 11 is 0. The number of hydrogen-bond donors (Lipinski definition) is 2. The van der Waals surface area contributed by atoms with E-state index in [1.54, 1.807) is 0 Å². The van der Waals surface area contributed by atoms with Crippen molar-refractivity contribution < 1.29 is 18.7 Å². The highest BCUT2D eigenvalue weighted by Gasteiger charge is 2.45. The maximum Gasteiger partial charge on any atom is 0.224 e. The number of hydrogen-bond acceptors (Lipinski definition) is 4. The molecule has 124 valence electrons. The third-order valence-electron chi connectivity index (χ3n) is 4.86. The summed E-state index contributed by atoms with van der Waals surface area (Å²) in [4.78, 5) is 12.3. The Labute approximate surface area is 134 Å². The summed E-state index contributed by atoms with van der Waals surface area (Å²) in [6.07, 6.45) is 0.459. The predicted octanol–water partition coefficient (Wildman–Crippen LogP) is 1.38. The zero-order valence-corrected chi connectivity index (χ0v) is 12.9. The number of alkyl halides is 1. The van der Waals surface area contributed by atoms with Crippen molar-refractivity contribution in [1.82, 2.24) is 10.6 Å². The van der Waals surface area contributed by atoms with Gasteiger partial charge < -0.3 is 20.1 Å². The third-order valence-corrected chi connectivity index (χ3v) is 4.86. The second-order valence-corrected chi connectivity index (χ2v) is 6.48. The molecule has 0 bridgehead atoms. The molecule has 1 saturated carbocycles. The zero-order chi connectivity index (χ0) is 15.8. The summed E-state index contributed by atoms with van der Waals surface area (Å²) in [6, 6.07) is 5.51. The maximum absolute atomic E-state index is 13.8. The first-order chi connectivity index (χ1) is 11.2. The summed E-state index contributed by atoms with van der Waals surface area (Å²) in [5.74, 6) is 1.63. The number of fused-ring (bicyclic) bond motifs is 1. The van der Waals surface area contributed by atoms with Gasteiger partial charge in [0.25, 0.3) is 0 Å². The van der Waals surface area contributed by atoms with Crippen LogP contribution in [0.3, 0.4) is 0 Å². The van der Waals surface area contributed by atoms with Gasteiger partial charge in [-0.25, -0.2) is 4.39 Å². The van der Waals surface area contributed by atoms with Gasteiger partial charge in [-0.2, -0.15) is 0 Å². The number of piperidine rings is 1. The van der Waals surface area contributed by atoms with Crippen molar-refractivity contribution in [3.63, 3.8) is 0 Å². The lowest BCUT2D eigenvalue weighted by Crippen LogP contribution is -2.51. The highest BCUT2D eigenvalue weighted by atomic mass is 19.1. The number of halogens is 1. The Morgan fingerprint density at radius 3 is 2.91 bits per heavy atom. The van der Waals surface area contributed by atoms with Crippen molar-refractivity contribution in [2.45, 2.75) is 31.0 Å². The average Bonchev–Trinajstić information content (AvgIpc) is 3.37. The highest BCUT2D eigenvalue weighted by Crippen LogP contribution is 2.49. The van der Waals surface area contributed by atoms with E-state index in [1.807, 2.05) is 18.2 Å². The van der Waals surface area contributed by atoms with Gasteiger partial charge in [-0.1, -0.05) is 6.07 Å². The smallest absolute Gasteiger partial charge is 0.224 e. The molecular weight excluding hydrogens is 299 g/mol. The summed E-state index contributed by atoms with van der Waals surface area (Å²) in [6.45, 7) is 2.20. The fraction of sp³-hybridized carbons (Fsp3) is 0.588. The first kappa shape index (κ1) is 14.8. The van der Waals surface area contributed by atoms with Crippen molar-refractivity contribution in [1.29, 1.82) is 0 Å². The van der Waals surface area contributed by atoms with E-state index >= 15 is 0 Å². The van der Waals surface area contributed by atoms with E-state index in [2.05, 4.69) is 10.6 Å². The van der Waals surface area contributed by atoms with Crippen LogP contribution in [0.5, 0.6) is 11.5 Å². The molecule has 1 saturated heterocycles. The molecule has 0 radical (unpaired) electrons. The van der Waals surface area contributed by atoms with Gasteiger partial charge in [0, 0.05) is 12.5 Å². The van der Waals surface area contributed by atoms with Crippen LogP contribution in [0.15, 0.2) is 18.2 Å². The van der Waals surface area contributed by atoms with Crippen LogP contribution < -0.4 is 20.1 Å². The largest absolute Gasteiger partial charge is 0.486 e. The van der Waals surface area contributed by atoms with Crippen molar-refractivity contribution in [3.05, 3.63) is 23.8 Å². The fourth-order valence-electron chi connectivity index (χ4n) is 3.42. The van der Waals surface area contributed by atoms with Crippen LogP contribution in [0.2, 0.25) is 0 Å². The van der Waals surface area contributed by atoms with Crippen LogP contribution in [-0.2, 0) is 4.79 Å². The Balaban J connectivity index is 1.38. The highest BCUT2D eigenvalue weighted by molar-refractivity contribution is 5.83. The summed E-state index contributed by atoms with van der Waals surface area (Å²) in [7, 11) is 0. The molecule has 1 aliphatic carbocycles. The van der Waals surface area contributed by atoms with E-state index in [-0.39, 0.29) is 23.8 Å². The van der Waals surface area contributed by atoms with E-state index in [4.69, 9.17) is 9.47 Å². The van der Waals surface area contributed by atoms with Gasteiger partial charge in [0.05, 0.1) is 6.04 Å². The van der Waals surface area contributed by atoms with E-state index < -0.39 is 6.17 Å². The topological polar surface area (TPSA) is 59.6 Å². The lowest BCUT2D eigenvalue weighted by molar-refractivity contribution is -0.123. The minimum Gasteiger partial charge on any atom is -0.486 e. The van der Waals surface area contributed by atoms with Gasteiger partial charge in [-0.3, -0.25) is 4.79 Å². The molecule has 0 aromatic heterocycles. The number of carbonyl (C=O) groups excluding carboxylic acids is 1. The first-order valence-corrected chi connectivity index (χ1v) is 8.27. The fourth-order valence-corrected chi connectivity index (χ4v) is 3.42. The summed E-state index contributed by atoms with van der Waals surface area (Å²) in [5.41, 5.74) is 1.09. The molecule has 1 aromatic rings. The molecule has 1 aromatic carbocycles. The molecule has 2 heterocycles. The van der Waals surface area contributed by atoms with Crippen LogP contribution in [0.25, 0.3) is 0 Å². The first-order valence-electron chi connectivity index (χ1n) is 8.27. The normalized spacial score (nSPS) is 32.2. The van der Waals surface area contributed by atoms with Crippen LogP contribution in [-0.4, -0.2) is 44.4 Å². The lowest BCUT2D eigenvalue weighted by Gasteiger charge is -2.27. The monoisotopic (exact) mass is 320 g/mol. The average molecular weight is 320 g/mol. The molecule has 0 spiro atoms. The molecular formula is C17H21FN2O3. The van der Waals surface area contributed by atoms with E-state index in [1.165, 1.54) is 0 Å². The maximum atomic E-state index is 13.8. The number of benzene rings is 1. The molecule has 2 fully saturated rings. The predicted molar refractivity (Wildman–Crippen MR) is 82.6 cm³/mol. The minimum atomic E-state index is -1.00. The molecule has 23 heavy (non-hydrogen) atoms. The zero-order valence-electron chi connectivity index (χ0n) is 12.9.